The lowest BCUT2D eigenvalue weighted by Gasteiger charge is -2.31. The SMILES string of the molecule is CCN(C(=O)N(C)CCC(=O)O)C1CCCC1. The highest BCUT2D eigenvalue weighted by Crippen LogP contribution is 2.24. The molecule has 0 aliphatic heterocycles. The Morgan fingerprint density at radius 2 is 1.88 bits per heavy atom. The topological polar surface area (TPSA) is 60.9 Å². The minimum absolute atomic E-state index is 0.00443. The Morgan fingerprint density at radius 1 is 1.29 bits per heavy atom. The van der Waals surface area contributed by atoms with Crippen molar-refractivity contribution in [3.63, 3.8) is 0 Å². The zero-order chi connectivity index (χ0) is 12.8. The van der Waals surface area contributed by atoms with Gasteiger partial charge in [0, 0.05) is 26.2 Å². The smallest absolute Gasteiger partial charge is 0.319 e. The fourth-order valence-electron chi connectivity index (χ4n) is 2.34. The largest absolute Gasteiger partial charge is 0.481 e. The standard InChI is InChI=1S/C12H22N2O3/c1-3-14(10-6-4-5-7-10)12(17)13(2)9-8-11(15)16/h10H,3-9H2,1-2H3,(H,15,16). The Bertz CT molecular complexity index is 275. The van der Waals surface area contributed by atoms with E-state index >= 15 is 0 Å². The molecule has 0 unspecified atom stereocenters. The summed E-state index contributed by atoms with van der Waals surface area (Å²) in [4.78, 5) is 26.0. The molecule has 1 aliphatic rings. The minimum Gasteiger partial charge on any atom is -0.481 e. The number of urea groups is 1. The fourth-order valence-corrected chi connectivity index (χ4v) is 2.34. The van der Waals surface area contributed by atoms with Crippen LogP contribution in [0.4, 0.5) is 4.79 Å². The Morgan fingerprint density at radius 3 is 2.35 bits per heavy atom. The Hall–Kier alpha value is -1.26. The molecule has 0 aromatic carbocycles. The lowest BCUT2D eigenvalue weighted by molar-refractivity contribution is -0.137. The Labute approximate surface area is 102 Å². The number of carboxylic acids is 1. The first-order valence-electron chi connectivity index (χ1n) is 6.29. The van der Waals surface area contributed by atoms with Gasteiger partial charge in [0.05, 0.1) is 6.42 Å². The van der Waals surface area contributed by atoms with E-state index in [0.29, 0.717) is 12.6 Å². The van der Waals surface area contributed by atoms with Gasteiger partial charge in [-0.15, -0.1) is 0 Å². The van der Waals surface area contributed by atoms with E-state index in [1.165, 1.54) is 17.7 Å². The van der Waals surface area contributed by atoms with E-state index in [1.807, 2.05) is 11.8 Å². The second-order valence-corrected chi connectivity index (χ2v) is 4.57. The van der Waals surface area contributed by atoms with Gasteiger partial charge in [-0.3, -0.25) is 4.79 Å². The van der Waals surface area contributed by atoms with Crippen LogP contribution in [0.1, 0.15) is 39.0 Å². The molecule has 0 heterocycles. The summed E-state index contributed by atoms with van der Waals surface area (Å²) in [5, 5.41) is 8.60. The van der Waals surface area contributed by atoms with Crippen LogP contribution >= 0.6 is 0 Å². The van der Waals surface area contributed by atoms with Gasteiger partial charge in [0.2, 0.25) is 0 Å². The van der Waals surface area contributed by atoms with E-state index in [9.17, 15) is 9.59 Å². The van der Waals surface area contributed by atoms with Crippen LogP contribution in [0.2, 0.25) is 0 Å². The maximum atomic E-state index is 12.1. The molecule has 0 bridgehead atoms. The molecule has 0 radical (unpaired) electrons. The van der Waals surface area contributed by atoms with E-state index in [0.717, 1.165) is 12.8 Å². The van der Waals surface area contributed by atoms with Crippen LogP contribution in [0.15, 0.2) is 0 Å². The number of aliphatic carboxylic acids is 1. The minimum atomic E-state index is -0.867. The second-order valence-electron chi connectivity index (χ2n) is 4.57. The molecule has 0 spiro atoms. The number of hydrogen-bond donors (Lipinski definition) is 1. The van der Waals surface area contributed by atoms with Crippen molar-refractivity contribution in [2.45, 2.75) is 45.1 Å². The van der Waals surface area contributed by atoms with Crippen molar-refractivity contribution < 1.29 is 14.7 Å². The van der Waals surface area contributed by atoms with Crippen LogP contribution in [-0.4, -0.2) is 53.1 Å². The Balaban J connectivity index is 2.49. The summed E-state index contributed by atoms with van der Waals surface area (Å²) in [6.45, 7) is 2.94. The van der Waals surface area contributed by atoms with Gasteiger partial charge in [-0.2, -0.15) is 0 Å². The van der Waals surface area contributed by atoms with Crippen molar-refractivity contribution in [1.82, 2.24) is 9.80 Å². The normalized spacial score (nSPS) is 15.9. The van der Waals surface area contributed by atoms with Crippen LogP contribution in [0.3, 0.4) is 0 Å². The molecule has 98 valence electrons. The maximum absolute atomic E-state index is 12.1. The van der Waals surface area contributed by atoms with Crippen molar-refractivity contribution in [2.75, 3.05) is 20.1 Å². The molecule has 0 atom stereocenters. The number of carbonyl (C=O) groups excluding carboxylic acids is 1. The zero-order valence-corrected chi connectivity index (χ0v) is 10.7. The molecule has 1 N–H and O–H groups in total. The van der Waals surface area contributed by atoms with Crippen molar-refractivity contribution in [1.29, 1.82) is 0 Å². The van der Waals surface area contributed by atoms with Crippen molar-refractivity contribution in [3.8, 4) is 0 Å². The van der Waals surface area contributed by atoms with Gasteiger partial charge >= 0.3 is 12.0 Å². The number of amides is 2. The summed E-state index contributed by atoms with van der Waals surface area (Å²) in [5.74, 6) is -0.867. The molecular formula is C12H22N2O3. The molecule has 1 saturated carbocycles. The van der Waals surface area contributed by atoms with Gasteiger partial charge in [0.15, 0.2) is 0 Å². The molecular weight excluding hydrogens is 220 g/mol. The molecule has 0 aromatic heterocycles. The number of hydrogen-bond acceptors (Lipinski definition) is 2. The number of carboxylic acid groups (broad SMARTS) is 1. The van der Waals surface area contributed by atoms with Gasteiger partial charge in [0.1, 0.15) is 0 Å². The highest BCUT2D eigenvalue weighted by atomic mass is 16.4. The maximum Gasteiger partial charge on any atom is 0.319 e. The quantitative estimate of drug-likeness (QED) is 0.799. The van der Waals surface area contributed by atoms with Crippen LogP contribution in [0.5, 0.6) is 0 Å². The van der Waals surface area contributed by atoms with Crippen molar-refractivity contribution in [3.05, 3.63) is 0 Å². The van der Waals surface area contributed by atoms with E-state index < -0.39 is 5.97 Å². The molecule has 0 aromatic rings. The van der Waals surface area contributed by atoms with Crippen LogP contribution in [0, 0.1) is 0 Å². The fraction of sp³-hybridized carbons (Fsp3) is 0.833. The molecule has 5 heteroatoms. The van der Waals surface area contributed by atoms with Crippen LogP contribution in [0.25, 0.3) is 0 Å². The van der Waals surface area contributed by atoms with E-state index in [2.05, 4.69) is 0 Å². The van der Waals surface area contributed by atoms with E-state index in [1.54, 1.807) is 7.05 Å². The summed E-state index contributed by atoms with van der Waals surface area (Å²) in [7, 11) is 1.67. The average Bonchev–Trinajstić information content (AvgIpc) is 2.80. The molecule has 17 heavy (non-hydrogen) atoms. The molecule has 5 nitrogen and oxygen atoms in total. The second kappa shape index (κ2) is 6.47. The van der Waals surface area contributed by atoms with Crippen molar-refractivity contribution in [2.24, 2.45) is 0 Å². The summed E-state index contributed by atoms with van der Waals surface area (Å²) in [6.07, 6.45) is 4.53. The monoisotopic (exact) mass is 242 g/mol. The van der Waals surface area contributed by atoms with Crippen LogP contribution < -0.4 is 0 Å². The predicted octanol–water partition coefficient (Wildman–Crippen LogP) is 1.78. The third kappa shape index (κ3) is 3.91. The molecule has 1 aliphatic carbocycles. The average molecular weight is 242 g/mol. The van der Waals surface area contributed by atoms with E-state index in [-0.39, 0.29) is 19.0 Å². The van der Waals surface area contributed by atoms with E-state index in [4.69, 9.17) is 5.11 Å². The number of nitrogens with zero attached hydrogens (tertiary/aromatic N) is 2. The zero-order valence-electron chi connectivity index (χ0n) is 10.7. The highest BCUT2D eigenvalue weighted by molar-refractivity contribution is 5.75. The van der Waals surface area contributed by atoms with Crippen LogP contribution in [-0.2, 0) is 4.79 Å². The van der Waals surface area contributed by atoms with Gasteiger partial charge in [-0.1, -0.05) is 12.8 Å². The summed E-state index contributed by atoms with van der Waals surface area (Å²) in [6, 6.07) is 0.306. The summed E-state index contributed by atoms with van der Waals surface area (Å²) < 4.78 is 0. The molecule has 0 saturated heterocycles. The molecule has 2 amide bonds. The molecule has 1 fully saturated rings. The third-order valence-electron chi connectivity index (χ3n) is 3.34. The number of rotatable bonds is 5. The predicted molar refractivity (Wildman–Crippen MR) is 64.9 cm³/mol. The molecule has 1 rings (SSSR count). The van der Waals surface area contributed by atoms with Gasteiger partial charge in [0.25, 0.3) is 0 Å². The first-order chi connectivity index (χ1) is 8.06. The summed E-state index contributed by atoms with van der Waals surface area (Å²) in [5.41, 5.74) is 0. The Kier molecular flexibility index (Phi) is 5.25. The first kappa shape index (κ1) is 13.8. The van der Waals surface area contributed by atoms with Gasteiger partial charge in [-0.25, -0.2) is 4.79 Å². The lowest BCUT2D eigenvalue weighted by atomic mass is 10.2. The summed E-state index contributed by atoms with van der Waals surface area (Å²) >= 11 is 0. The van der Waals surface area contributed by atoms with Crippen molar-refractivity contribution >= 4 is 12.0 Å². The third-order valence-corrected chi connectivity index (χ3v) is 3.34. The number of carbonyl (C=O) groups is 2. The first-order valence-corrected chi connectivity index (χ1v) is 6.29. The van der Waals surface area contributed by atoms with Gasteiger partial charge in [-0.05, 0) is 19.8 Å². The lowest BCUT2D eigenvalue weighted by Crippen LogP contribution is -2.46. The highest BCUT2D eigenvalue weighted by Gasteiger charge is 2.27. The van der Waals surface area contributed by atoms with Gasteiger partial charge < -0.3 is 14.9 Å².